The van der Waals surface area contributed by atoms with Crippen molar-refractivity contribution in [2.45, 2.75) is 44.4 Å². The largest absolute Gasteiger partial charge is 0.461 e. The van der Waals surface area contributed by atoms with Crippen LogP contribution in [-0.4, -0.2) is 37.9 Å². The highest BCUT2D eigenvalue weighted by Crippen LogP contribution is 2.22. The standard InChI is InChI=1S/C14H21NO3/c1-10(16)18-14-7-8-15-13(14)9-11-3-5-12(17-2)6-4-11/h3-5,12-15H,6-9H2,1-2H3/t12?,13-,14-/m1/s1. The molecule has 0 radical (unpaired) electrons. The Morgan fingerprint density at radius 2 is 2.39 bits per heavy atom. The molecule has 4 heteroatoms. The summed E-state index contributed by atoms with van der Waals surface area (Å²) in [6, 6.07) is 0.240. The van der Waals surface area contributed by atoms with Crippen LogP contribution < -0.4 is 5.32 Å². The quantitative estimate of drug-likeness (QED) is 0.771. The highest BCUT2D eigenvalue weighted by atomic mass is 16.5. The average molecular weight is 251 g/mol. The van der Waals surface area contributed by atoms with Gasteiger partial charge in [-0.05, 0) is 25.8 Å². The Balaban J connectivity index is 1.87. The topological polar surface area (TPSA) is 47.6 Å². The van der Waals surface area contributed by atoms with Crippen molar-refractivity contribution in [2.24, 2.45) is 0 Å². The monoisotopic (exact) mass is 251 g/mol. The first-order valence-electron chi connectivity index (χ1n) is 6.49. The summed E-state index contributed by atoms with van der Waals surface area (Å²) in [6.45, 7) is 2.39. The van der Waals surface area contributed by atoms with Crippen LogP contribution >= 0.6 is 0 Å². The molecule has 0 saturated carbocycles. The van der Waals surface area contributed by atoms with Crippen molar-refractivity contribution in [3.05, 3.63) is 23.8 Å². The van der Waals surface area contributed by atoms with Crippen molar-refractivity contribution in [1.29, 1.82) is 0 Å². The molecule has 0 bridgehead atoms. The number of nitrogens with one attached hydrogen (secondary N) is 1. The molecule has 1 unspecified atom stereocenters. The van der Waals surface area contributed by atoms with E-state index in [0.29, 0.717) is 0 Å². The van der Waals surface area contributed by atoms with Crippen molar-refractivity contribution < 1.29 is 14.3 Å². The fraction of sp³-hybridized carbons (Fsp3) is 0.643. The number of hydrogen-bond donors (Lipinski definition) is 1. The molecule has 18 heavy (non-hydrogen) atoms. The second-order valence-corrected chi connectivity index (χ2v) is 4.85. The summed E-state index contributed by atoms with van der Waals surface area (Å²) >= 11 is 0. The molecule has 1 fully saturated rings. The zero-order valence-electron chi connectivity index (χ0n) is 11.0. The molecule has 0 aromatic rings. The Morgan fingerprint density at radius 3 is 3.00 bits per heavy atom. The van der Waals surface area contributed by atoms with Gasteiger partial charge in [0, 0.05) is 20.1 Å². The van der Waals surface area contributed by atoms with Crippen LogP contribution in [0.15, 0.2) is 23.8 Å². The normalized spacial score (nSPS) is 31.2. The van der Waals surface area contributed by atoms with E-state index in [1.165, 1.54) is 12.5 Å². The molecule has 0 spiro atoms. The van der Waals surface area contributed by atoms with E-state index >= 15 is 0 Å². The fourth-order valence-corrected chi connectivity index (χ4v) is 2.53. The van der Waals surface area contributed by atoms with Crippen LogP contribution in [0, 0.1) is 0 Å². The van der Waals surface area contributed by atoms with Gasteiger partial charge in [0.15, 0.2) is 0 Å². The molecule has 2 rings (SSSR count). The maximum atomic E-state index is 11.0. The number of methoxy groups -OCH3 is 1. The maximum absolute atomic E-state index is 11.0. The lowest BCUT2D eigenvalue weighted by molar-refractivity contribution is -0.146. The molecule has 0 amide bonds. The molecule has 1 aliphatic carbocycles. The molecule has 1 N–H and O–H groups in total. The molecule has 4 nitrogen and oxygen atoms in total. The van der Waals surface area contributed by atoms with E-state index < -0.39 is 0 Å². The summed E-state index contributed by atoms with van der Waals surface area (Å²) in [5, 5.41) is 3.40. The smallest absolute Gasteiger partial charge is 0.302 e. The highest BCUT2D eigenvalue weighted by Gasteiger charge is 2.29. The summed E-state index contributed by atoms with van der Waals surface area (Å²) in [6.07, 6.45) is 9.36. The van der Waals surface area contributed by atoms with E-state index in [4.69, 9.17) is 9.47 Å². The molecule has 1 aliphatic heterocycles. The molecule has 3 atom stereocenters. The van der Waals surface area contributed by atoms with E-state index in [1.54, 1.807) is 7.11 Å². The van der Waals surface area contributed by atoms with Gasteiger partial charge in [-0.25, -0.2) is 0 Å². The second-order valence-electron chi connectivity index (χ2n) is 4.85. The van der Waals surface area contributed by atoms with Crippen LogP contribution in [-0.2, 0) is 14.3 Å². The third-order valence-corrected chi connectivity index (χ3v) is 3.50. The second kappa shape index (κ2) is 6.16. The van der Waals surface area contributed by atoms with Gasteiger partial charge in [0.05, 0.1) is 6.10 Å². The maximum Gasteiger partial charge on any atom is 0.302 e. The lowest BCUT2D eigenvalue weighted by atomic mass is 9.97. The summed E-state index contributed by atoms with van der Waals surface area (Å²) in [5.74, 6) is -0.193. The van der Waals surface area contributed by atoms with Gasteiger partial charge < -0.3 is 14.8 Å². The van der Waals surface area contributed by atoms with Crippen LogP contribution in [0.3, 0.4) is 0 Å². The molecule has 100 valence electrons. The van der Waals surface area contributed by atoms with Crippen molar-refractivity contribution in [2.75, 3.05) is 13.7 Å². The van der Waals surface area contributed by atoms with Gasteiger partial charge in [-0.15, -0.1) is 0 Å². The first kappa shape index (κ1) is 13.3. The minimum atomic E-state index is -0.193. The molecule has 0 aromatic carbocycles. The summed E-state index contributed by atoms with van der Waals surface area (Å²) < 4.78 is 10.6. The number of allylic oxidation sites excluding steroid dienone is 1. The summed E-state index contributed by atoms with van der Waals surface area (Å²) in [4.78, 5) is 11.0. The zero-order chi connectivity index (χ0) is 13.0. The Hall–Kier alpha value is -1.13. The number of rotatable bonds is 4. The van der Waals surface area contributed by atoms with Gasteiger partial charge in [-0.2, -0.15) is 0 Å². The third kappa shape index (κ3) is 3.43. The summed E-state index contributed by atoms with van der Waals surface area (Å²) in [5.41, 5.74) is 1.29. The van der Waals surface area contributed by atoms with Gasteiger partial charge in [0.2, 0.25) is 0 Å². The van der Waals surface area contributed by atoms with E-state index in [2.05, 4.69) is 23.5 Å². The minimum Gasteiger partial charge on any atom is -0.461 e. The Bertz CT molecular complexity index is 362. The van der Waals surface area contributed by atoms with Crippen molar-refractivity contribution in [1.82, 2.24) is 5.32 Å². The van der Waals surface area contributed by atoms with Crippen LogP contribution in [0.4, 0.5) is 0 Å². The predicted molar refractivity (Wildman–Crippen MR) is 69.2 cm³/mol. The van der Waals surface area contributed by atoms with Crippen LogP contribution in [0.25, 0.3) is 0 Å². The van der Waals surface area contributed by atoms with Crippen LogP contribution in [0.1, 0.15) is 26.2 Å². The first-order chi connectivity index (χ1) is 8.69. The number of ether oxygens (including phenoxy) is 2. The highest BCUT2D eigenvalue weighted by molar-refractivity contribution is 5.66. The first-order valence-corrected chi connectivity index (χ1v) is 6.49. The van der Waals surface area contributed by atoms with Gasteiger partial charge >= 0.3 is 5.97 Å². The van der Waals surface area contributed by atoms with Gasteiger partial charge in [-0.1, -0.05) is 23.8 Å². The molecule has 1 saturated heterocycles. The Morgan fingerprint density at radius 1 is 1.56 bits per heavy atom. The van der Waals surface area contributed by atoms with Crippen molar-refractivity contribution >= 4 is 5.97 Å². The van der Waals surface area contributed by atoms with E-state index in [0.717, 1.165) is 25.8 Å². The lowest BCUT2D eigenvalue weighted by Gasteiger charge is -2.21. The Labute approximate surface area is 108 Å². The average Bonchev–Trinajstić information content (AvgIpc) is 2.77. The molecule has 0 aromatic heterocycles. The number of carbonyl (C=O) groups is 1. The van der Waals surface area contributed by atoms with Crippen LogP contribution in [0.2, 0.25) is 0 Å². The van der Waals surface area contributed by atoms with Crippen molar-refractivity contribution in [3.8, 4) is 0 Å². The molecular formula is C14H21NO3. The number of carbonyl (C=O) groups excluding carboxylic acids is 1. The van der Waals surface area contributed by atoms with Crippen LogP contribution in [0.5, 0.6) is 0 Å². The lowest BCUT2D eigenvalue weighted by Crippen LogP contribution is -2.33. The fourth-order valence-electron chi connectivity index (χ4n) is 2.53. The van der Waals surface area contributed by atoms with Gasteiger partial charge in [0.25, 0.3) is 0 Å². The van der Waals surface area contributed by atoms with Gasteiger partial charge in [-0.3, -0.25) is 4.79 Å². The Kier molecular flexibility index (Phi) is 4.55. The third-order valence-electron chi connectivity index (χ3n) is 3.50. The predicted octanol–water partition coefficient (Wildman–Crippen LogP) is 1.57. The minimum absolute atomic E-state index is 0.0111. The zero-order valence-corrected chi connectivity index (χ0v) is 11.0. The molecule has 1 heterocycles. The van der Waals surface area contributed by atoms with E-state index in [-0.39, 0.29) is 24.2 Å². The molecular weight excluding hydrogens is 230 g/mol. The SMILES string of the molecule is COC1C=CC(C[C@H]2NCC[C@H]2OC(C)=O)=CC1. The van der Waals surface area contributed by atoms with Crippen molar-refractivity contribution in [3.63, 3.8) is 0 Å². The number of esters is 1. The summed E-state index contributed by atoms with van der Waals surface area (Å²) in [7, 11) is 1.73. The van der Waals surface area contributed by atoms with E-state index in [1.807, 2.05) is 0 Å². The van der Waals surface area contributed by atoms with Gasteiger partial charge in [0.1, 0.15) is 6.10 Å². The molecule has 2 aliphatic rings. The van der Waals surface area contributed by atoms with E-state index in [9.17, 15) is 4.79 Å². The number of hydrogen-bond acceptors (Lipinski definition) is 4.